The summed E-state index contributed by atoms with van der Waals surface area (Å²) >= 11 is 3.49. The molecule has 1 saturated heterocycles. The van der Waals surface area contributed by atoms with Gasteiger partial charge in [-0.3, -0.25) is 0 Å². The number of hydrogen-bond acceptors (Lipinski definition) is 5. The van der Waals surface area contributed by atoms with Crippen molar-refractivity contribution >= 4 is 39.0 Å². The van der Waals surface area contributed by atoms with Gasteiger partial charge in [-0.25, -0.2) is 4.98 Å². The Morgan fingerprint density at radius 2 is 2.35 bits per heavy atom. The van der Waals surface area contributed by atoms with E-state index >= 15 is 0 Å². The molecule has 0 amide bonds. The maximum atomic E-state index is 4.58. The number of thiazole rings is 1. The Hall–Kier alpha value is -0.780. The lowest BCUT2D eigenvalue weighted by atomic mass is 10.0. The lowest BCUT2D eigenvalue weighted by Gasteiger charge is -2.32. The molecule has 0 radical (unpaired) electrons. The number of fused-ring (bicyclic) bond motifs is 1. The molecule has 1 aliphatic heterocycles. The van der Waals surface area contributed by atoms with Crippen molar-refractivity contribution < 1.29 is 0 Å². The molecule has 108 valence electrons. The molecule has 0 spiro atoms. The summed E-state index contributed by atoms with van der Waals surface area (Å²) in [6.45, 7) is 2.27. The second-order valence-corrected chi connectivity index (χ2v) is 7.46. The fraction of sp³-hybridized carbons (Fsp3) is 0.533. The van der Waals surface area contributed by atoms with Crippen molar-refractivity contribution in [1.29, 1.82) is 0 Å². The number of hydrogen-bond donors (Lipinski definition) is 1. The first-order chi connectivity index (χ1) is 9.76. The molecule has 0 bridgehead atoms. The normalized spacial score (nSPS) is 20.4. The predicted molar refractivity (Wildman–Crippen MR) is 90.2 cm³/mol. The fourth-order valence-corrected chi connectivity index (χ4v) is 4.27. The molecule has 0 aliphatic carbocycles. The molecule has 3 rings (SSSR count). The summed E-state index contributed by atoms with van der Waals surface area (Å²) in [6, 6.07) is 7.17. The Morgan fingerprint density at radius 1 is 1.45 bits per heavy atom. The van der Waals surface area contributed by atoms with Crippen LogP contribution in [0, 0.1) is 0 Å². The second-order valence-electron chi connectivity index (χ2n) is 5.38. The minimum atomic E-state index is 0.669. The SMILES string of the molecule is CSc1nc2ccc(NCC3CCCCN3C)cc2s1. The van der Waals surface area contributed by atoms with E-state index < -0.39 is 0 Å². The molecular weight excluding hydrogens is 286 g/mol. The first kappa shape index (κ1) is 14.2. The average Bonchev–Trinajstić information content (AvgIpc) is 2.88. The van der Waals surface area contributed by atoms with Gasteiger partial charge in [-0.2, -0.15) is 0 Å². The van der Waals surface area contributed by atoms with E-state index in [1.165, 1.54) is 36.2 Å². The summed E-state index contributed by atoms with van der Waals surface area (Å²) < 4.78 is 2.42. The van der Waals surface area contributed by atoms with Crippen LogP contribution in [0.5, 0.6) is 0 Å². The van der Waals surface area contributed by atoms with Crippen LogP contribution >= 0.6 is 23.1 Å². The van der Waals surface area contributed by atoms with E-state index in [1.807, 2.05) is 0 Å². The lowest BCUT2D eigenvalue weighted by Crippen LogP contribution is -2.40. The van der Waals surface area contributed by atoms with Crippen LogP contribution in [0.4, 0.5) is 5.69 Å². The quantitative estimate of drug-likeness (QED) is 0.867. The third kappa shape index (κ3) is 3.10. The van der Waals surface area contributed by atoms with Crippen molar-refractivity contribution in [3.63, 3.8) is 0 Å². The molecule has 1 aromatic carbocycles. The third-order valence-electron chi connectivity index (χ3n) is 4.01. The molecule has 1 N–H and O–H groups in total. The Kier molecular flexibility index (Phi) is 4.48. The Balaban J connectivity index is 1.67. The molecule has 20 heavy (non-hydrogen) atoms. The Bertz CT molecular complexity index is 582. The minimum absolute atomic E-state index is 0.669. The topological polar surface area (TPSA) is 28.2 Å². The zero-order chi connectivity index (χ0) is 13.9. The van der Waals surface area contributed by atoms with Crippen molar-refractivity contribution in [1.82, 2.24) is 9.88 Å². The van der Waals surface area contributed by atoms with E-state index in [-0.39, 0.29) is 0 Å². The van der Waals surface area contributed by atoms with Crippen LogP contribution < -0.4 is 5.32 Å². The molecular formula is C15H21N3S2. The number of nitrogens with one attached hydrogen (secondary N) is 1. The van der Waals surface area contributed by atoms with Crippen molar-refractivity contribution in [2.75, 3.05) is 31.7 Å². The Morgan fingerprint density at radius 3 is 3.15 bits per heavy atom. The summed E-state index contributed by atoms with van der Waals surface area (Å²) in [7, 11) is 2.24. The highest BCUT2D eigenvalue weighted by Crippen LogP contribution is 2.30. The van der Waals surface area contributed by atoms with Crippen molar-refractivity contribution in [2.24, 2.45) is 0 Å². The van der Waals surface area contributed by atoms with E-state index in [9.17, 15) is 0 Å². The zero-order valence-electron chi connectivity index (χ0n) is 12.1. The molecule has 1 fully saturated rings. The van der Waals surface area contributed by atoms with Crippen molar-refractivity contribution in [3.8, 4) is 0 Å². The molecule has 2 aromatic rings. The van der Waals surface area contributed by atoms with Crippen LogP contribution in [0.15, 0.2) is 22.5 Å². The van der Waals surface area contributed by atoms with Gasteiger partial charge in [0.15, 0.2) is 4.34 Å². The van der Waals surface area contributed by atoms with Gasteiger partial charge < -0.3 is 10.2 Å². The van der Waals surface area contributed by atoms with Crippen LogP contribution in [0.25, 0.3) is 10.2 Å². The molecule has 2 heterocycles. The predicted octanol–water partition coefficient (Wildman–Crippen LogP) is 3.91. The maximum Gasteiger partial charge on any atom is 0.150 e. The standard InChI is InChI=1S/C15H21N3S2/c1-18-8-4-3-5-12(18)10-16-11-6-7-13-14(9-11)20-15(17-13)19-2/h6-7,9,12,16H,3-5,8,10H2,1-2H3. The minimum Gasteiger partial charge on any atom is -0.383 e. The van der Waals surface area contributed by atoms with Crippen LogP contribution in [0.3, 0.4) is 0 Å². The van der Waals surface area contributed by atoms with Gasteiger partial charge in [0.25, 0.3) is 0 Å². The van der Waals surface area contributed by atoms with Crippen LogP contribution in [-0.2, 0) is 0 Å². The number of aromatic nitrogens is 1. The smallest absolute Gasteiger partial charge is 0.150 e. The van der Waals surface area contributed by atoms with Gasteiger partial charge in [0.05, 0.1) is 10.2 Å². The first-order valence-electron chi connectivity index (χ1n) is 7.15. The number of anilines is 1. The first-order valence-corrected chi connectivity index (χ1v) is 9.19. The van der Waals surface area contributed by atoms with E-state index in [1.54, 1.807) is 23.1 Å². The molecule has 0 saturated carbocycles. The number of rotatable bonds is 4. The molecule has 5 heteroatoms. The Labute approximate surface area is 128 Å². The number of benzene rings is 1. The van der Waals surface area contributed by atoms with E-state index in [0.717, 1.165) is 16.4 Å². The third-order valence-corrected chi connectivity index (χ3v) is 6.01. The van der Waals surface area contributed by atoms with Gasteiger partial charge in [-0.05, 0) is 50.9 Å². The van der Waals surface area contributed by atoms with Crippen molar-refractivity contribution in [2.45, 2.75) is 29.6 Å². The molecule has 1 unspecified atom stereocenters. The summed E-state index contributed by atoms with van der Waals surface area (Å²) in [5, 5.41) is 3.59. The molecule has 1 aromatic heterocycles. The summed E-state index contributed by atoms with van der Waals surface area (Å²) in [6.07, 6.45) is 6.09. The van der Waals surface area contributed by atoms with Gasteiger partial charge in [-0.15, -0.1) is 11.3 Å². The number of likely N-dealkylation sites (tertiary alicyclic amines) is 1. The monoisotopic (exact) mass is 307 g/mol. The van der Waals surface area contributed by atoms with Gasteiger partial charge in [-0.1, -0.05) is 18.2 Å². The van der Waals surface area contributed by atoms with Crippen LogP contribution in [0.2, 0.25) is 0 Å². The highest BCUT2D eigenvalue weighted by atomic mass is 32.2. The largest absolute Gasteiger partial charge is 0.383 e. The number of thioether (sulfide) groups is 1. The van der Waals surface area contributed by atoms with E-state index in [2.05, 4.69) is 46.7 Å². The second kappa shape index (κ2) is 6.33. The highest BCUT2D eigenvalue weighted by molar-refractivity contribution is 8.00. The fourth-order valence-electron chi connectivity index (χ4n) is 2.74. The van der Waals surface area contributed by atoms with E-state index in [4.69, 9.17) is 0 Å². The van der Waals surface area contributed by atoms with E-state index in [0.29, 0.717) is 6.04 Å². The summed E-state index contributed by atoms with van der Waals surface area (Å²) in [5.74, 6) is 0. The summed E-state index contributed by atoms with van der Waals surface area (Å²) in [4.78, 5) is 7.06. The number of nitrogens with zero attached hydrogens (tertiary/aromatic N) is 2. The number of likely N-dealkylation sites (N-methyl/N-ethyl adjacent to an activating group) is 1. The molecule has 3 nitrogen and oxygen atoms in total. The van der Waals surface area contributed by atoms with Gasteiger partial charge in [0, 0.05) is 18.3 Å². The zero-order valence-corrected chi connectivity index (χ0v) is 13.7. The van der Waals surface area contributed by atoms with Crippen LogP contribution in [0.1, 0.15) is 19.3 Å². The van der Waals surface area contributed by atoms with Gasteiger partial charge in [0.1, 0.15) is 0 Å². The van der Waals surface area contributed by atoms with Crippen molar-refractivity contribution in [3.05, 3.63) is 18.2 Å². The van der Waals surface area contributed by atoms with Gasteiger partial charge >= 0.3 is 0 Å². The van der Waals surface area contributed by atoms with Gasteiger partial charge in [0.2, 0.25) is 0 Å². The van der Waals surface area contributed by atoms with Crippen LogP contribution in [-0.4, -0.2) is 42.3 Å². The molecule has 1 atom stereocenters. The average molecular weight is 307 g/mol. The summed E-state index contributed by atoms with van der Waals surface area (Å²) in [5.41, 5.74) is 2.33. The molecule has 1 aliphatic rings. The lowest BCUT2D eigenvalue weighted by molar-refractivity contribution is 0.194. The highest BCUT2D eigenvalue weighted by Gasteiger charge is 2.18. The number of piperidine rings is 1. The maximum absolute atomic E-state index is 4.58.